The highest BCUT2D eigenvalue weighted by Gasteiger charge is 2.20. The Labute approximate surface area is 176 Å². The van der Waals surface area contributed by atoms with Crippen molar-refractivity contribution < 1.29 is 19.0 Å². The first-order valence-corrected chi connectivity index (χ1v) is 10.1. The number of hydrogen-bond donors (Lipinski definition) is 0. The Bertz CT molecular complexity index is 923. The van der Waals surface area contributed by atoms with Gasteiger partial charge in [0.15, 0.2) is 11.5 Å². The molecule has 0 atom stereocenters. The number of halogens is 1. The number of carbonyl (C=O) groups is 1. The Morgan fingerprint density at radius 2 is 1.90 bits per heavy atom. The number of aliphatic imine (C=N–C) groups is 1. The molecule has 5 nitrogen and oxygen atoms in total. The predicted octanol–water partition coefficient (Wildman–Crippen LogP) is 4.83. The highest BCUT2D eigenvalue weighted by atomic mass is 35.5. The van der Waals surface area contributed by atoms with E-state index in [0.29, 0.717) is 43.9 Å². The first-order valence-electron chi connectivity index (χ1n) is 9.71. The van der Waals surface area contributed by atoms with Gasteiger partial charge in [-0.15, -0.1) is 0 Å². The van der Waals surface area contributed by atoms with Crippen LogP contribution in [0.4, 0.5) is 0 Å². The van der Waals surface area contributed by atoms with Crippen molar-refractivity contribution in [1.82, 2.24) is 0 Å². The monoisotopic (exact) mass is 415 g/mol. The Hall–Kier alpha value is -2.53. The van der Waals surface area contributed by atoms with Gasteiger partial charge in [0.2, 0.25) is 0 Å². The summed E-state index contributed by atoms with van der Waals surface area (Å²) in [5.74, 6) is 2.28. The molecule has 0 saturated heterocycles. The van der Waals surface area contributed by atoms with E-state index in [1.54, 1.807) is 14.2 Å². The molecule has 0 bridgehead atoms. The second-order valence-corrected chi connectivity index (χ2v) is 7.43. The molecular weight excluding hydrogens is 390 g/mol. The van der Waals surface area contributed by atoms with Crippen LogP contribution in [-0.4, -0.2) is 38.9 Å². The summed E-state index contributed by atoms with van der Waals surface area (Å²) < 4.78 is 16.5. The molecule has 2 aromatic rings. The molecule has 0 aliphatic carbocycles. The molecule has 0 aromatic heterocycles. The Kier molecular flexibility index (Phi) is 7.15. The summed E-state index contributed by atoms with van der Waals surface area (Å²) >= 11 is 6.02. The van der Waals surface area contributed by atoms with Crippen molar-refractivity contribution >= 4 is 23.1 Å². The summed E-state index contributed by atoms with van der Waals surface area (Å²) in [5.41, 5.74) is 3.92. The lowest BCUT2D eigenvalue weighted by atomic mass is 9.93. The number of benzene rings is 2. The molecule has 1 aliphatic rings. The van der Waals surface area contributed by atoms with Crippen molar-refractivity contribution in [2.45, 2.75) is 32.6 Å². The van der Waals surface area contributed by atoms with Gasteiger partial charge in [-0.3, -0.25) is 9.79 Å². The largest absolute Gasteiger partial charge is 0.494 e. The molecule has 3 rings (SSSR count). The molecule has 0 spiro atoms. The predicted molar refractivity (Wildman–Crippen MR) is 115 cm³/mol. The van der Waals surface area contributed by atoms with Gasteiger partial charge in [-0.2, -0.15) is 0 Å². The van der Waals surface area contributed by atoms with Crippen LogP contribution in [0.5, 0.6) is 17.2 Å². The van der Waals surface area contributed by atoms with Crippen LogP contribution in [0.1, 0.15) is 36.0 Å². The molecule has 1 heterocycles. The van der Waals surface area contributed by atoms with Crippen molar-refractivity contribution in [3.63, 3.8) is 0 Å². The van der Waals surface area contributed by atoms with Crippen LogP contribution in [0.2, 0.25) is 5.02 Å². The molecule has 0 amide bonds. The maximum atomic E-state index is 12.5. The molecule has 29 heavy (non-hydrogen) atoms. The zero-order valence-electron chi connectivity index (χ0n) is 17.1. The van der Waals surface area contributed by atoms with E-state index in [0.717, 1.165) is 39.6 Å². The first kappa shape index (κ1) is 21.2. The molecule has 0 fully saturated rings. The zero-order chi connectivity index (χ0) is 20.8. The third kappa shape index (κ3) is 5.30. The molecule has 0 saturated carbocycles. The number of ketones is 1. The lowest BCUT2D eigenvalue weighted by molar-refractivity contribution is -0.118. The van der Waals surface area contributed by atoms with Gasteiger partial charge in [0, 0.05) is 35.7 Å². The lowest BCUT2D eigenvalue weighted by Crippen LogP contribution is -2.17. The molecule has 2 aromatic carbocycles. The van der Waals surface area contributed by atoms with Gasteiger partial charge in [0.05, 0.1) is 20.8 Å². The van der Waals surface area contributed by atoms with E-state index in [4.69, 9.17) is 25.8 Å². The molecule has 0 N–H and O–H groups in total. The van der Waals surface area contributed by atoms with Crippen molar-refractivity contribution in [2.75, 3.05) is 27.4 Å². The average molecular weight is 416 g/mol. The molecule has 1 aliphatic heterocycles. The fourth-order valence-corrected chi connectivity index (χ4v) is 3.50. The number of methoxy groups -OCH3 is 2. The normalized spacial score (nSPS) is 12.8. The Balaban J connectivity index is 1.54. The van der Waals surface area contributed by atoms with E-state index < -0.39 is 0 Å². The SMILES string of the molecule is COc1cc2c(cc1OC)C(CC(=O)CCCOc1ccc(Cl)c(C)c1)=NCC2. The van der Waals surface area contributed by atoms with Gasteiger partial charge in [-0.1, -0.05) is 11.6 Å². The molecule has 0 radical (unpaired) electrons. The highest BCUT2D eigenvalue weighted by Crippen LogP contribution is 2.33. The van der Waals surface area contributed by atoms with E-state index in [-0.39, 0.29) is 5.78 Å². The van der Waals surface area contributed by atoms with Gasteiger partial charge < -0.3 is 14.2 Å². The molecular formula is C23H26ClNO4. The third-order valence-corrected chi connectivity index (χ3v) is 5.39. The minimum Gasteiger partial charge on any atom is -0.494 e. The van der Waals surface area contributed by atoms with Crippen LogP contribution in [-0.2, 0) is 11.2 Å². The summed E-state index contributed by atoms with van der Waals surface area (Å²) in [5, 5.41) is 0.718. The number of Topliss-reactive ketones (excluding diaryl/α,β-unsaturated/α-hetero) is 1. The van der Waals surface area contributed by atoms with Crippen molar-refractivity contribution in [3.8, 4) is 17.2 Å². The van der Waals surface area contributed by atoms with Gasteiger partial charge in [0.1, 0.15) is 11.5 Å². The van der Waals surface area contributed by atoms with Crippen LogP contribution >= 0.6 is 11.6 Å². The fourth-order valence-electron chi connectivity index (χ4n) is 3.39. The quantitative estimate of drug-likeness (QED) is 0.550. The molecule has 6 heteroatoms. The lowest BCUT2D eigenvalue weighted by Gasteiger charge is -2.19. The van der Waals surface area contributed by atoms with Crippen LogP contribution in [0.15, 0.2) is 35.3 Å². The zero-order valence-corrected chi connectivity index (χ0v) is 17.8. The number of fused-ring (bicyclic) bond motifs is 1. The summed E-state index contributed by atoms with van der Waals surface area (Å²) in [6, 6.07) is 9.46. The summed E-state index contributed by atoms with van der Waals surface area (Å²) in [7, 11) is 3.23. The second-order valence-electron chi connectivity index (χ2n) is 7.02. The number of hydrogen-bond acceptors (Lipinski definition) is 5. The van der Waals surface area contributed by atoms with Crippen molar-refractivity contribution in [1.29, 1.82) is 0 Å². The smallest absolute Gasteiger partial charge is 0.161 e. The van der Waals surface area contributed by atoms with Crippen LogP contribution in [0.25, 0.3) is 0 Å². The maximum Gasteiger partial charge on any atom is 0.161 e. The Morgan fingerprint density at radius 1 is 1.14 bits per heavy atom. The number of carbonyl (C=O) groups excluding carboxylic acids is 1. The van der Waals surface area contributed by atoms with Gasteiger partial charge in [-0.05, 0) is 61.2 Å². The minimum absolute atomic E-state index is 0.155. The van der Waals surface area contributed by atoms with E-state index in [1.165, 1.54) is 0 Å². The summed E-state index contributed by atoms with van der Waals surface area (Å²) in [6.07, 6.45) is 2.27. The van der Waals surface area contributed by atoms with Crippen LogP contribution in [0, 0.1) is 6.92 Å². The van der Waals surface area contributed by atoms with E-state index in [2.05, 4.69) is 4.99 Å². The number of aryl methyl sites for hydroxylation is 1. The van der Waals surface area contributed by atoms with E-state index >= 15 is 0 Å². The van der Waals surface area contributed by atoms with E-state index in [1.807, 2.05) is 37.3 Å². The summed E-state index contributed by atoms with van der Waals surface area (Å²) in [6.45, 7) is 3.11. The standard InChI is InChI=1S/C23H26ClNO4/c1-15-11-18(6-7-20(15)24)29-10-4-5-17(26)13-21-19-14-23(28-3)22(27-2)12-16(19)8-9-25-21/h6-7,11-12,14H,4-5,8-10,13H2,1-3H3. The maximum absolute atomic E-state index is 12.5. The molecule has 0 unspecified atom stereocenters. The second kappa shape index (κ2) is 9.79. The van der Waals surface area contributed by atoms with E-state index in [9.17, 15) is 4.79 Å². The van der Waals surface area contributed by atoms with Gasteiger partial charge in [-0.25, -0.2) is 0 Å². The minimum atomic E-state index is 0.155. The molecule has 154 valence electrons. The first-order chi connectivity index (χ1) is 14.0. The van der Waals surface area contributed by atoms with Crippen molar-refractivity contribution in [2.24, 2.45) is 4.99 Å². The number of ether oxygens (including phenoxy) is 3. The van der Waals surface area contributed by atoms with Crippen LogP contribution < -0.4 is 14.2 Å². The Morgan fingerprint density at radius 3 is 2.62 bits per heavy atom. The van der Waals surface area contributed by atoms with Crippen molar-refractivity contribution in [3.05, 3.63) is 52.0 Å². The fraction of sp³-hybridized carbons (Fsp3) is 0.391. The number of nitrogens with zero attached hydrogens (tertiary/aromatic N) is 1. The third-order valence-electron chi connectivity index (χ3n) is 4.97. The van der Waals surface area contributed by atoms with Crippen LogP contribution in [0.3, 0.4) is 0 Å². The van der Waals surface area contributed by atoms with Gasteiger partial charge >= 0.3 is 0 Å². The average Bonchev–Trinajstić information content (AvgIpc) is 2.73. The van der Waals surface area contributed by atoms with Gasteiger partial charge in [0.25, 0.3) is 0 Å². The highest BCUT2D eigenvalue weighted by molar-refractivity contribution is 6.31. The topological polar surface area (TPSA) is 57.1 Å². The summed E-state index contributed by atoms with van der Waals surface area (Å²) in [4.78, 5) is 17.1. The number of rotatable bonds is 9.